The van der Waals surface area contributed by atoms with Crippen LogP contribution in [0, 0.1) is 0 Å². The van der Waals surface area contributed by atoms with Gasteiger partial charge in [0.1, 0.15) is 0 Å². The molecule has 4 rings (SSSR count). The molecule has 1 heterocycles. The summed E-state index contributed by atoms with van der Waals surface area (Å²) in [4.78, 5) is 1.33. The summed E-state index contributed by atoms with van der Waals surface area (Å²) >= 11 is 1.82. The second-order valence-electron chi connectivity index (χ2n) is 5.45. The average molecular weight is 346 g/mol. The molecule has 0 bridgehead atoms. The van der Waals surface area contributed by atoms with E-state index in [1.165, 1.54) is 32.7 Å². The largest absolute Gasteiger partial charge is 0.153 e. The molecule has 118 valence electrons. The Kier molecular flexibility index (Phi) is 5.25. The maximum atomic E-state index is 2.28. The van der Waals surface area contributed by atoms with Crippen LogP contribution in [0.25, 0.3) is 32.7 Å². The fourth-order valence-electron chi connectivity index (χ4n) is 2.88. The van der Waals surface area contributed by atoms with Crippen LogP contribution in [0.1, 0.15) is 0 Å². The fourth-order valence-corrected chi connectivity index (χ4v) is 3.99. The number of benzene rings is 3. The Morgan fingerprint density at radius 3 is 1.50 bits per heavy atom. The summed E-state index contributed by atoms with van der Waals surface area (Å²) in [6.45, 7) is 0. The summed E-state index contributed by atoms with van der Waals surface area (Å²) in [6.07, 6.45) is 0. The molecule has 0 spiro atoms. The van der Waals surface area contributed by atoms with Crippen molar-refractivity contribution in [2.75, 3.05) is 0 Å². The minimum Gasteiger partial charge on any atom is -0.153 e. The van der Waals surface area contributed by atoms with E-state index in [1.54, 1.807) is 0 Å². The molecule has 4 aromatic rings. The van der Waals surface area contributed by atoms with Crippen LogP contribution in [-0.4, -0.2) is 0 Å². The van der Waals surface area contributed by atoms with E-state index in [-0.39, 0.29) is 9.90 Å². The molecule has 1 aromatic heterocycles. The molecule has 0 aliphatic carbocycles. The molecule has 0 saturated heterocycles. The van der Waals surface area contributed by atoms with Crippen molar-refractivity contribution in [1.82, 2.24) is 0 Å². The smallest absolute Gasteiger partial charge is 0.0427 e. The monoisotopic (exact) mass is 346 g/mol. The van der Waals surface area contributed by atoms with Crippen LogP contribution in [-0.2, 0) is 0 Å². The van der Waals surface area contributed by atoms with Crippen molar-refractivity contribution in [2.24, 2.45) is 0 Å². The molecular formula is C22H19PS. The molecule has 1 unspecified atom stereocenters. The lowest BCUT2D eigenvalue weighted by molar-refractivity contribution is 1.62. The van der Waals surface area contributed by atoms with Crippen molar-refractivity contribution in [3.05, 3.63) is 96.4 Å². The molecule has 0 amide bonds. The van der Waals surface area contributed by atoms with E-state index in [0.717, 1.165) is 0 Å². The van der Waals surface area contributed by atoms with Crippen molar-refractivity contribution in [1.29, 1.82) is 0 Å². The van der Waals surface area contributed by atoms with E-state index < -0.39 is 0 Å². The number of hydrogen-bond donors (Lipinski definition) is 0. The minimum atomic E-state index is 0. The molecule has 0 fully saturated rings. The third-order valence-electron chi connectivity index (χ3n) is 3.97. The Hall–Kier alpha value is -2.21. The normalized spacial score (nSPS) is 10.2. The Bertz CT molecular complexity index is 840. The first-order valence-electron chi connectivity index (χ1n) is 7.71. The quantitative estimate of drug-likeness (QED) is 0.358. The topological polar surface area (TPSA) is 0 Å². The van der Waals surface area contributed by atoms with Gasteiger partial charge >= 0.3 is 0 Å². The van der Waals surface area contributed by atoms with E-state index in [0.29, 0.717) is 0 Å². The molecule has 24 heavy (non-hydrogen) atoms. The first-order valence-corrected chi connectivity index (χ1v) is 8.59. The highest BCUT2D eigenvalue weighted by Gasteiger charge is 2.16. The third-order valence-corrected chi connectivity index (χ3v) is 5.00. The van der Waals surface area contributed by atoms with Crippen LogP contribution in [0.3, 0.4) is 0 Å². The predicted molar refractivity (Wildman–Crippen MR) is 112 cm³/mol. The molecule has 0 radical (unpaired) electrons. The van der Waals surface area contributed by atoms with Crippen molar-refractivity contribution in [2.45, 2.75) is 0 Å². The standard InChI is InChI=1S/C22H16S.H3P/c1-4-10-17(11-5-1)20-16-23-22(19-14-8-3-9-15-19)21(20)18-12-6-2-7-13-18;/h1-16H;1H3. The highest BCUT2D eigenvalue weighted by Crippen LogP contribution is 2.44. The third kappa shape index (κ3) is 3.19. The summed E-state index contributed by atoms with van der Waals surface area (Å²) in [5.74, 6) is 0. The molecule has 0 N–H and O–H groups in total. The average Bonchev–Trinajstić information content (AvgIpc) is 3.09. The van der Waals surface area contributed by atoms with E-state index in [4.69, 9.17) is 0 Å². The van der Waals surface area contributed by atoms with Crippen LogP contribution < -0.4 is 0 Å². The van der Waals surface area contributed by atoms with Gasteiger partial charge in [0.15, 0.2) is 0 Å². The molecule has 0 aliphatic heterocycles. The van der Waals surface area contributed by atoms with E-state index in [2.05, 4.69) is 96.4 Å². The summed E-state index contributed by atoms with van der Waals surface area (Å²) in [5, 5.41) is 2.28. The van der Waals surface area contributed by atoms with Gasteiger partial charge in [0.05, 0.1) is 0 Å². The van der Waals surface area contributed by atoms with Crippen LogP contribution in [0.4, 0.5) is 0 Å². The first-order chi connectivity index (χ1) is 11.4. The summed E-state index contributed by atoms with van der Waals surface area (Å²) in [7, 11) is 0. The Labute approximate surface area is 150 Å². The Morgan fingerprint density at radius 2 is 0.958 bits per heavy atom. The molecule has 2 heteroatoms. The van der Waals surface area contributed by atoms with Gasteiger partial charge in [-0.3, -0.25) is 0 Å². The lowest BCUT2D eigenvalue weighted by Gasteiger charge is -2.09. The maximum absolute atomic E-state index is 2.28. The van der Waals surface area contributed by atoms with Gasteiger partial charge < -0.3 is 0 Å². The van der Waals surface area contributed by atoms with Gasteiger partial charge in [-0.25, -0.2) is 0 Å². The SMILES string of the molecule is P.c1ccc(-c2csc(-c3ccccc3)c2-c2ccccc2)cc1. The van der Waals surface area contributed by atoms with Crippen LogP contribution in [0.5, 0.6) is 0 Å². The van der Waals surface area contributed by atoms with E-state index >= 15 is 0 Å². The summed E-state index contributed by atoms with van der Waals surface area (Å²) < 4.78 is 0. The van der Waals surface area contributed by atoms with Crippen molar-refractivity contribution < 1.29 is 0 Å². The van der Waals surface area contributed by atoms with Crippen molar-refractivity contribution in [3.8, 4) is 32.7 Å². The van der Waals surface area contributed by atoms with E-state index in [9.17, 15) is 0 Å². The molecule has 0 nitrogen and oxygen atoms in total. The lowest BCUT2D eigenvalue weighted by Crippen LogP contribution is -1.83. The molecule has 1 atom stereocenters. The fraction of sp³-hybridized carbons (Fsp3) is 0. The molecular weight excluding hydrogens is 327 g/mol. The lowest BCUT2D eigenvalue weighted by atomic mass is 9.95. The number of rotatable bonds is 3. The van der Waals surface area contributed by atoms with E-state index in [1.807, 2.05) is 11.3 Å². The van der Waals surface area contributed by atoms with Gasteiger partial charge in [-0.05, 0) is 22.1 Å². The Morgan fingerprint density at radius 1 is 0.500 bits per heavy atom. The zero-order valence-corrected chi connectivity index (χ0v) is 15.6. The number of hydrogen-bond acceptors (Lipinski definition) is 1. The molecule has 3 aromatic carbocycles. The Balaban J connectivity index is 0.00000169. The molecule has 0 saturated carbocycles. The van der Waals surface area contributed by atoms with Crippen molar-refractivity contribution in [3.63, 3.8) is 0 Å². The zero-order chi connectivity index (χ0) is 15.5. The highest BCUT2D eigenvalue weighted by atomic mass is 32.1. The zero-order valence-electron chi connectivity index (χ0n) is 13.4. The van der Waals surface area contributed by atoms with Crippen LogP contribution in [0.2, 0.25) is 0 Å². The summed E-state index contributed by atoms with van der Waals surface area (Å²) in [5.41, 5.74) is 6.45. The van der Waals surface area contributed by atoms with Crippen LogP contribution in [0.15, 0.2) is 96.4 Å². The van der Waals surface area contributed by atoms with Crippen molar-refractivity contribution >= 4 is 21.2 Å². The first kappa shape index (κ1) is 16.6. The van der Waals surface area contributed by atoms with Gasteiger partial charge in [-0.2, -0.15) is 9.90 Å². The second-order valence-corrected chi connectivity index (χ2v) is 6.33. The summed E-state index contributed by atoms with van der Waals surface area (Å²) in [6, 6.07) is 32.0. The predicted octanol–water partition coefficient (Wildman–Crippen LogP) is 6.81. The van der Waals surface area contributed by atoms with Crippen LogP contribution >= 0.6 is 21.2 Å². The van der Waals surface area contributed by atoms with Gasteiger partial charge in [0.2, 0.25) is 0 Å². The minimum absolute atomic E-state index is 0. The maximum Gasteiger partial charge on any atom is 0.0427 e. The number of thiophene rings is 1. The van der Waals surface area contributed by atoms with Gasteiger partial charge in [0, 0.05) is 16.0 Å². The van der Waals surface area contributed by atoms with Gasteiger partial charge in [0.25, 0.3) is 0 Å². The molecule has 0 aliphatic rings. The highest BCUT2D eigenvalue weighted by molar-refractivity contribution is 7.14. The van der Waals surface area contributed by atoms with Gasteiger partial charge in [-0.15, -0.1) is 11.3 Å². The van der Waals surface area contributed by atoms with Gasteiger partial charge in [-0.1, -0.05) is 91.0 Å². The second kappa shape index (κ2) is 7.57.